The number of amides is 1. The molecule has 0 radical (unpaired) electrons. The maximum atomic E-state index is 13.7. The van der Waals surface area contributed by atoms with Crippen LogP contribution in [0, 0.1) is 0 Å². The third-order valence-corrected chi connectivity index (χ3v) is 6.66. The van der Waals surface area contributed by atoms with E-state index >= 15 is 0 Å². The zero-order chi connectivity index (χ0) is 29.0. The molecular weight excluding hydrogens is 534 g/mol. The Labute approximate surface area is 224 Å². The fourth-order valence-corrected chi connectivity index (χ4v) is 4.91. The molecule has 4 nitrogen and oxygen atoms in total. The summed E-state index contributed by atoms with van der Waals surface area (Å²) in [5.41, 5.74) is -1.89. The van der Waals surface area contributed by atoms with Crippen molar-refractivity contribution < 1.29 is 35.9 Å². The number of fused-ring (bicyclic) bond motifs is 3. The quantitative estimate of drug-likeness (QED) is 0.167. The highest BCUT2D eigenvalue weighted by molar-refractivity contribution is 6.15. The number of nitrogens with zero attached hydrogens (tertiary/aromatic N) is 2. The first-order valence-corrected chi connectivity index (χ1v) is 11.9. The molecule has 0 atom stereocenters. The third-order valence-electron chi connectivity index (χ3n) is 6.66. The van der Waals surface area contributed by atoms with E-state index in [0.717, 1.165) is 0 Å². The van der Waals surface area contributed by atoms with E-state index in [2.05, 4.69) is 0 Å². The molecule has 5 rings (SSSR count). The van der Waals surface area contributed by atoms with Crippen LogP contribution in [0.1, 0.15) is 31.8 Å². The molecule has 0 spiro atoms. The van der Waals surface area contributed by atoms with Crippen molar-refractivity contribution in [1.29, 1.82) is 0 Å². The number of hydrogen-bond acceptors (Lipinski definition) is 2. The van der Waals surface area contributed by atoms with Gasteiger partial charge in [-0.05, 0) is 35.9 Å². The highest BCUT2D eigenvalue weighted by Gasteiger charge is 2.37. The summed E-state index contributed by atoms with van der Waals surface area (Å²) in [6.07, 6.45) is -9.53. The van der Waals surface area contributed by atoms with Crippen LogP contribution < -0.4 is 0 Å². The molecule has 0 unspecified atom stereocenters. The van der Waals surface area contributed by atoms with Gasteiger partial charge >= 0.3 is 12.4 Å². The molecule has 1 aromatic heterocycles. The fourth-order valence-electron chi connectivity index (χ4n) is 4.91. The number of benzene rings is 4. The summed E-state index contributed by atoms with van der Waals surface area (Å²) in [5, 5.41) is 1.20. The summed E-state index contributed by atoms with van der Waals surface area (Å²) < 4.78 is 84.0. The molecule has 0 aliphatic heterocycles. The smallest absolute Gasteiger partial charge is 0.345 e. The van der Waals surface area contributed by atoms with E-state index in [4.69, 9.17) is 0 Å². The first-order valence-electron chi connectivity index (χ1n) is 11.9. The molecule has 204 valence electrons. The predicted molar refractivity (Wildman–Crippen MR) is 140 cm³/mol. The van der Waals surface area contributed by atoms with Gasteiger partial charge in [0, 0.05) is 36.0 Å². The number of aromatic nitrogens is 1. The van der Waals surface area contributed by atoms with Crippen LogP contribution in [-0.2, 0) is 12.4 Å². The van der Waals surface area contributed by atoms with Crippen LogP contribution in [0.2, 0.25) is 0 Å². The van der Waals surface area contributed by atoms with Gasteiger partial charge < -0.3 is 9.47 Å². The van der Waals surface area contributed by atoms with Gasteiger partial charge in [-0.1, -0.05) is 48.5 Å². The molecule has 0 N–H and O–H groups in total. The summed E-state index contributed by atoms with van der Waals surface area (Å²) in [6.45, 7) is 0. The SMILES string of the molecule is CN(C)C(=O)c1c(C=O)cccc1-n1c2ccccc2c2cccc(-c3cc(C(F)(F)F)cc(C(F)(F)F)c3)c21. The lowest BCUT2D eigenvalue weighted by molar-refractivity contribution is -0.143. The van der Waals surface area contributed by atoms with Gasteiger partial charge in [0.05, 0.1) is 33.4 Å². The van der Waals surface area contributed by atoms with E-state index in [1.54, 1.807) is 53.1 Å². The number of rotatable bonds is 4. The van der Waals surface area contributed by atoms with E-state index in [-0.39, 0.29) is 39.5 Å². The van der Waals surface area contributed by atoms with Crippen molar-refractivity contribution in [3.8, 4) is 16.8 Å². The monoisotopic (exact) mass is 554 g/mol. The second-order valence-electron chi connectivity index (χ2n) is 9.41. The topological polar surface area (TPSA) is 42.3 Å². The standard InChI is InChI=1S/C30H20F6N2O2/c1-37(2)28(40)26-17(16-39)7-5-12-25(26)38-24-11-4-3-8-22(24)23-10-6-9-21(27(23)38)18-13-19(29(31,32)33)15-20(14-18)30(34,35)36/h3-16H,1-2H3. The number of para-hydroxylation sites is 2. The van der Waals surface area contributed by atoms with Gasteiger partial charge in [-0.2, -0.15) is 26.3 Å². The number of aldehydes is 1. The lowest BCUT2D eigenvalue weighted by Crippen LogP contribution is -2.24. The number of alkyl halides is 6. The molecule has 1 amide bonds. The molecule has 0 saturated heterocycles. The first-order chi connectivity index (χ1) is 18.8. The second-order valence-corrected chi connectivity index (χ2v) is 9.41. The maximum absolute atomic E-state index is 13.7. The third kappa shape index (κ3) is 4.49. The Morgan fingerprint density at radius 3 is 1.98 bits per heavy atom. The summed E-state index contributed by atoms with van der Waals surface area (Å²) in [7, 11) is 3.01. The summed E-state index contributed by atoms with van der Waals surface area (Å²) in [6, 6.07) is 17.7. The lowest BCUT2D eigenvalue weighted by atomic mass is 9.97. The summed E-state index contributed by atoms with van der Waals surface area (Å²) >= 11 is 0. The number of halogens is 6. The van der Waals surface area contributed by atoms with Gasteiger partial charge in [0.15, 0.2) is 6.29 Å². The summed E-state index contributed by atoms with van der Waals surface area (Å²) in [5.74, 6) is -0.500. The van der Waals surface area contributed by atoms with E-state index < -0.39 is 29.4 Å². The lowest BCUT2D eigenvalue weighted by Gasteiger charge is -2.19. The van der Waals surface area contributed by atoms with Crippen LogP contribution >= 0.6 is 0 Å². The second kappa shape index (κ2) is 9.55. The molecule has 4 aromatic carbocycles. The Hall–Kier alpha value is -4.60. The fraction of sp³-hybridized carbons (Fsp3) is 0.133. The Morgan fingerprint density at radius 2 is 1.38 bits per heavy atom. The molecule has 40 heavy (non-hydrogen) atoms. The van der Waals surface area contributed by atoms with Crippen LogP contribution in [-0.4, -0.2) is 35.8 Å². The minimum absolute atomic E-state index is 0.0416. The van der Waals surface area contributed by atoms with Gasteiger partial charge in [-0.15, -0.1) is 0 Å². The molecule has 0 fully saturated rings. The van der Waals surface area contributed by atoms with E-state index in [1.165, 1.54) is 31.1 Å². The van der Waals surface area contributed by atoms with Crippen LogP contribution in [0.4, 0.5) is 26.3 Å². The zero-order valence-electron chi connectivity index (χ0n) is 21.1. The zero-order valence-corrected chi connectivity index (χ0v) is 21.1. The summed E-state index contributed by atoms with van der Waals surface area (Å²) in [4.78, 5) is 26.5. The largest absolute Gasteiger partial charge is 0.416 e. The Kier molecular flexibility index (Phi) is 6.44. The van der Waals surface area contributed by atoms with Crippen molar-refractivity contribution >= 4 is 34.0 Å². The van der Waals surface area contributed by atoms with Gasteiger partial charge in [-0.3, -0.25) is 9.59 Å². The van der Waals surface area contributed by atoms with Crippen LogP contribution in [0.3, 0.4) is 0 Å². The minimum Gasteiger partial charge on any atom is -0.345 e. The number of hydrogen-bond donors (Lipinski definition) is 0. The van der Waals surface area contributed by atoms with Crippen LogP contribution in [0.5, 0.6) is 0 Å². The number of carbonyl (C=O) groups is 2. The highest BCUT2D eigenvalue weighted by atomic mass is 19.4. The highest BCUT2D eigenvalue weighted by Crippen LogP contribution is 2.43. The molecule has 0 bridgehead atoms. The maximum Gasteiger partial charge on any atom is 0.416 e. The van der Waals surface area contributed by atoms with Crippen molar-refractivity contribution in [3.05, 3.63) is 101 Å². The molecule has 0 aliphatic carbocycles. The van der Waals surface area contributed by atoms with Crippen molar-refractivity contribution in [2.75, 3.05) is 14.1 Å². The average molecular weight is 554 g/mol. The van der Waals surface area contributed by atoms with Gasteiger partial charge in [0.2, 0.25) is 0 Å². The van der Waals surface area contributed by atoms with Crippen LogP contribution in [0.25, 0.3) is 38.6 Å². The van der Waals surface area contributed by atoms with E-state index in [0.29, 0.717) is 34.7 Å². The first kappa shape index (κ1) is 27.0. The Morgan fingerprint density at radius 1 is 0.775 bits per heavy atom. The van der Waals surface area contributed by atoms with E-state index in [9.17, 15) is 35.9 Å². The Balaban J connectivity index is 1.97. The van der Waals surface area contributed by atoms with Crippen molar-refractivity contribution in [1.82, 2.24) is 9.47 Å². The molecule has 1 heterocycles. The normalized spacial score (nSPS) is 12.2. The molecular formula is C30H20F6N2O2. The Bertz CT molecular complexity index is 1770. The van der Waals surface area contributed by atoms with Gasteiger partial charge in [-0.25, -0.2) is 0 Å². The van der Waals surface area contributed by atoms with Crippen molar-refractivity contribution in [2.24, 2.45) is 0 Å². The van der Waals surface area contributed by atoms with E-state index in [1.807, 2.05) is 0 Å². The molecule has 10 heteroatoms. The van der Waals surface area contributed by atoms with Crippen molar-refractivity contribution in [2.45, 2.75) is 12.4 Å². The number of carbonyl (C=O) groups excluding carboxylic acids is 2. The molecule has 5 aromatic rings. The van der Waals surface area contributed by atoms with Gasteiger partial charge in [0.1, 0.15) is 0 Å². The van der Waals surface area contributed by atoms with Gasteiger partial charge in [0.25, 0.3) is 5.91 Å². The van der Waals surface area contributed by atoms with Crippen molar-refractivity contribution in [3.63, 3.8) is 0 Å². The predicted octanol–water partition coefficient (Wildman–Crippen LogP) is 8.00. The molecule has 0 aliphatic rings. The minimum atomic E-state index is -5.03. The van der Waals surface area contributed by atoms with Crippen LogP contribution in [0.15, 0.2) is 78.9 Å². The average Bonchev–Trinajstić information content (AvgIpc) is 3.25. The molecule has 0 saturated carbocycles.